The van der Waals surface area contributed by atoms with Gasteiger partial charge in [0.1, 0.15) is 0 Å². The van der Waals surface area contributed by atoms with Crippen molar-refractivity contribution < 1.29 is 21.9 Å². The molecule has 118 valence electrons. The van der Waals surface area contributed by atoms with Gasteiger partial charge in [0.05, 0.1) is 22.1 Å². The Morgan fingerprint density at radius 3 is 2.43 bits per heavy atom. The van der Waals surface area contributed by atoms with Gasteiger partial charge in [-0.3, -0.25) is 4.79 Å². The van der Waals surface area contributed by atoms with E-state index in [0.717, 1.165) is 31.5 Å². The van der Waals surface area contributed by atoms with Crippen molar-refractivity contribution in [3.63, 3.8) is 0 Å². The lowest BCUT2D eigenvalue weighted by atomic mass is 9.73. The first-order chi connectivity index (χ1) is 9.49. The molecule has 6 heteroatoms. The predicted molar refractivity (Wildman–Crippen MR) is 81.5 cm³/mol. The number of nitrogens with zero attached hydrogens (tertiary/aromatic N) is 1. The summed E-state index contributed by atoms with van der Waals surface area (Å²) in [5.41, 5.74) is 0.301. The van der Waals surface area contributed by atoms with E-state index < -0.39 is 5.41 Å². The highest BCUT2D eigenvalue weighted by atomic mass is 35.5. The van der Waals surface area contributed by atoms with Crippen molar-refractivity contribution in [2.24, 2.45) is 0 Å². The molecule has 0 aromatic heterocycles. The average Bonchev–Trinajstić information content (AvgIpc) is 2.43. The fourth-order valence-corrected chi connectivity index (χ4v) is 2.97. The van der Waals surface area contributed by atoms with Crippen LogP contribution < -0.4 is 12.4 Å². The van der Waals surface area contributed by atoms with Gasteiger partial charge in [-0.05, 0) is 57.6 Å². The summed E-state index contributed by atoms with van der Waals surface area (Å²) >= 11 is 12.1. The molecule has 1 aromatic rings. The molecule has 1 saturated heterocycles. The van der Waals surface area contributed by atoms with Gasteiger partial charge >= 0.3 is 5.97 Å². The van der Waals surface area contributed by atoms with Crippen LogP contribution in [0.2, 0.25) is 10.0 Å². The highest BCUT2D eigenvalue weighted by molar-refractivity contribution is 6.42. The Bertz CT molecular complexity index is 500. The maximum Gasteiger partial charge on any atom is 0.316 e. The summed E-state index contributed by atoms with van der Waals surface area (Å²) in [4.78, 5) is 14.7. The third-order valence-corrected chi connectivity index (χ3v) is 4.72. The van der Waals surface area contributed by atoms with Gasteiger partial charge in [-0.2, -0.15) is 0 Å². The summed E-state index contributed by atoms with van der Waals surface area (Å²) in [5.74, 6) is -0.161. The van der Waals surface area contributed by atoms with Gasteiger partial charge in [0.15, 0.2) is 0 Å². The van der Waals surface area contributed by atoms with Gasteiger partial charge in [-0.1, -0.05) is 29.3 Å². The minimum absolute atomic E-state index is 0. The van der Waals surface area contributed by atoms with Crippen molar-refractivity contribution in [3.8, 4) is 0 Å². The minimum Gasteiger partial charge on any atom is -1.00 e. The zero-order chi connectivity index (χ0) is 14.8. The lowest BCUT2D eigenvalue weighted by Gasteiger charge is -2.39. The van der Waals surface area contributed by atoms with E-state index in [1.165, 1.54) is 0 Å². The van der Waals surface area contributed by atoms with Crippen LogP contribution in [0.3, 0.4) is 0 Å². The number of carbonyl (C=O) groups excluding carboxylic acids is 1. The average molecular weight is 352 g/mol. The van der Waals surface area contributed by atoms with Crippen LogP contribution in [-0.4, -0.2) is 37.6 Å². The lowest BCUT2D eigenvalue weighted by Crippen LogP contribution is -3.00. The third-order valence-electron chi connectivity index (χ3n) is 3.98. The van der Waals surface area contributed by atoms with Crippen LogP contribution in [0.1, 0.15) is 25.3 Å². The summed E-state index contributed by atoms with van der Waals surface area (Å²) in [6.07, 6.45) is 1.47. The molecule has 1 aromatic carbocycles. The fourth-order valence-electron chi connectivity index (χ4n) is 2.67. The number of hydrogen-bond donors (Lipinski definition) is 0. The van der Waals surface area contributed by atoms with Gasteiger partial charge < -0.3 is 22.0 Å². The third kappa shape index (κ3) is 3.84. The van der Waals surface area contributed by atoms with Crippen LogP contribution in [-0.2, 0) is 14.9 Å². The number of likely N-dealkylation sites (tertiary alicyclic amines) is 1. The molecule has 1 heterocycles. The molecule has 2 rings (SSSR count). The van der Waals surface area contributed by atoms with E-state index in [0.29, 0.717) is 16.7 Å². The lowest BCUT2D eigenvalue weighted by molar-refractivity contribution is -0.152. The first kappa shape index (κ1) is 18.6. The van der Waals surface area contributed by atoms with Crippen molar-refractivity contribution in [1.82, 2.24) is 4.90 Å². The standard InChI is InChI=1S/C15H19Cl2NO2.ClH/c1-3-20-14(19)15(6-8-18(2)9-7-15)11-4-5-12(16)13(17)10-11;/h4-5,10H,3,6-9H2,1-2H3;1H/p-1. The normalized spacial score (nSPS) is 17.9. The van der Waals surface area contributed by atoms with E-state index in [1.807, 2.05) is 13.0 Å². The van der Waals surface area contributed by atoms with E-state index in [4.69, 9.17) is 27.9 Å². The van der Waals surface area contributed by atoms with Crippen LogP contribution in [0.4, 0.5) is 0 Å². The molecule has 0 aliphatic carbocycles. The van der Waals surface area contributed by atoms with Crippen molar-refractivity contribution >= 4 is 29.2 Å². The maximum atomic E-state index is 12.5. The number of carbonyl (C=O) groups is 1. The molecule has 0 atom stereocenters. The molecular formula is C15H19Cl3NO2-. The van der Waals surface area contributed by atoms with Crippen LogP contribution in [0.15, 0.2) is 18.2 Å². The van der Waals surface area contributed by atoms with Gasteiger partial charge in [0.25, 0.3) is 0 Å². The summed E-state index contributed by atoms with van der Waals surface area (Å²) in [7, 11) is 2.06. The Morgan fingerprint density at radius 2 is 1.90 bits per heavy atom. The summed E-state index contributed by atoms with van der Waals surface area (Å²) in [6.45, 7) is 3.94. The molecule has 0 saturated carbocycles. The van der Waals surface area contributed by atoms with E-state index in [9.17, 15) is 4.79 Å². The molecule has 0 bridgehead atoms. The first-order valence-electron chi connectivity index (χ1n) is 6.81. The van der Waals surface area contributed by atoms with Crippen molar-refractivity contribution in [3.05, 3.63) is 33.8 Å². The summed E-state index contributed by atoms with van der Waals surface area (Å²) in [6, 6.07) is 5.43. The number of hydrogen-bond acceptors (Lipinski definition) is 3. The molecule has 0 radical (unpaired) electrons. The molecule has 0 spiro atoms. The van der Waals surface area contributed by atoms with Gasteiger partial charge in [-0.25, -0.2) is 0 Å². The molecule has 1 fully saturated rings. The predicted octanol–water partition coefficient (Wildman–Crippen LogP) is 0.524. The number of ether oxygens (including phenoxy) is 1. The van der Waals surface area contributed by atoms with Crippen LogP contribution in [0.25, 0.3) is 0 Å². The van der Waals surface area contributed by atoms with Gasteiger partial charge in [0.2, 0.25) is 0 Å². The second-order valence-electron chi connectivity index (χ2n) is 5.23. The Morgan fingerprint density at radius 1 is 1.29 bits per heavy atom. The number of halogens is 3. The monoisotopic (exact) mass is 350 g/mol. The molecule has 0 amide bonds. The Balaban J connectivity index is 0.00000220. The minimum atomic E-state index is -0.600. The Hall–Kier alpha value is -0.480. The molecule has 1 aliphatic heterocycles. The van der Waals surface area contributed by atoms with E-state index in [2.05, 4.69) is 11.9 Å². The number of esters is 1. The summed E-state index contributed by atoms with van der Waals surface area (Å²) < 4.78 is 5.31. The molecule has 0 unspecified atom stereocenters. The Kier molecular flexibility index (Phi) is 6.79. The SMILES string of the molecule is CCOC(=O)C1(c2ccc(Cl)c(Cl)c2)CCN(C)CC1.[Cl-]. The van der Waals surface area contributed by atoms with Crippen LogP contribution >= 0.6 is 23.2 Å². The zero-order valence-corrected chi connectivity index (χ0v) is 14.4. The smallest absolute Gasteiger partial charge is 0.316 e. The van der Waals surface area contributed by atoms with Crippen molar-refractivity contribution in [2.45, 2.75) is 25.2 Å². The topological polar surface area (TPSA) is 29.5 Å². The number of piperidine rings is 1. The second kappa shape index (κ2) is 7.68. The second-order valence-corrected chi connectivity index (χ2v) is 6.05. The van der Waals surface area contributed by atoms with E-state index in [1.54, 1.807) is 12.1 Å². The molecule has 0 N–H and O–H groups in total. The zero-order valence-electron chi connectivity index (χ0n) is 12.2. The molecular weight excluding hydrogens is 333 g/mol. The molecule has 1 aliphatic rings. The molecule has 3 nitrogen and oxygen atoms in total. The highest BCUT2D eigenvalue weighted by Crippen LogP contribution is 2.39. The van der Waals surface area contributed by atoms with Crippen LogP contribution in [0.5, 0.6) is 0 Å². The van der Waals surface area contributed by atoms with E-state index in [-0.39, 0.29) is 18.4 Å². The van der Waals surface area contributed by atoms with Crippen LogP contribution in [0, 0.1) is 0 Å². The largest absolute Gasteiger partial charge is 1.00 e. The van der Waals surface area contributed by atoms with Gasteiger partial charge in [-0.15, -0.1) is 0 Å². The first-order valence-corrected chi connectivity index (χ1v) is 7.56. The quantitative estimate of drug-likeness (QED) is 0.744. The Labute approximate surface area is 142 Å². The fraction of sp³-hybridized carbons (Fsp3) is 0.533. The van der Waals surface area contributed by atoms with Crippen molar-refractivity contribution in [2.75, 3.05) is 26.7 Å². The molecule has 21 heavy (non-hydrogen) atoms. The number of rotatable bonds is 3. The summed E-state index contributed by atoms with van der Waals surface area (Å²) in [5, 5.41) is 0.981. The van der Waals surface area contributed by atoms with E-state index >= 15 is 0 Å². The number of benzene rings is 1. The highest BCUT2D eigenvalue weighted by Gasteiger charge is 2.43. The maximum absolute atomic E-state index is 12.5. The van der Waals surface area contributed by atoms with Gasteiger partial charge in [0, 0.05) is 0 Å². The van der Waals surface area contributed by atoms with Crippen molar-refractivity contribution in [1.29, 1.82) is 0 Å².